The standard InChI is InChI=1S/C34H35NO5/c1-4-29-32(33(36)37)26-17-25(39-23-11-9-22(10-12-23)38-20(2)3)13-14-30(26)35(29)21-5-7-24(8-6-21)40-31-19-34-16-15-28(34)27(31)18-34/h5-14,17,20,27-28,31H,4,15-16,18-19H2,1-3H3,(H,36,37). The topological polar surface area (TPSA) is 69.9 Å². The Hall–Kier alpha value is -3.93. The number of benzene rings is 3. The molecule has 2 bridgehead atoms. The molecule has 0 amide bonds. The molecule has 4 aliphatic carbocycles. The highest BCUT2D eigenvalue weighted by Crippen LogP contribution is 2.73. The predicted octanol–water partition coefficient (Wildman–Crippen LogP) is 8.04. The van der Waals surface area contributed by atoms with Crippen LogP contribution in [0.3, 0.4) is 0 Å². The summed E-state index contributed by atoms with van der Waals surface area (Å²) < 4.78 is 20.3. The average molecular weight is 538 g/mol. The van der Waals surface area contributed by atoms with Gasteiger partial charge in [-0.3, -0.25) is 0 Å². The molecule has 6 nitrogen and oxygen atoms in total. The van der Waals surface area contributed by atoms with Gasteiger partial charge in [0.05, 0.1) is 17.2 Å². The molecule has 6 heteroatoms. The van der Waals surface area contributed by atoms with E-state index in [-0.39, 0.29) is 6.10 Å². The van der Waals surface area contributed by atoms with Gasteiger partial charge in [0.1, 0.15) is 29.1 Å². The van der Waals surface area contributed by atoms with Gasteiger partial charge in [0.15, 0.2) is 0 Å². The van der Waals surface area contributed by atoms with Gasteiger partial charge in [0, 0.05) is 16.8 Å². The van der Waals surface area contributed by atoms with Crippen LogP contribution in [0.1, 0.15) is 62.5 Å². The smallest absolute Gasteiger partial charge is 0.338 e. The van der Waals surface area contributed by atoms with Gasteiger partial charge in [0.2, 0.25) is 0 Å². The van der Waals surface area contributed by atoms with Crippen LogP contribution in [-0.2, 0) is 6.42 Å². The summed E-state index contributed by atoms with van der Waals surface area (Å²) in [7, 11) is 0. The number of hydrogen-bond donors (Lipinski definition) is 1. The number of carbonyl (C=O) groups is 1. The quantitative estimate of drug-likeness (QED) is 0.234. The first-order valence-electron chi connectivity index (χ1n) is 14.5. The van der Waals surface area contributed by atoms with Gasteiger partial charge in [-0.05, 0) is 130 Å². The fourth-order valence-corrected chi connectivity index (χ4v) is 7.60. The molecule has 40 heavy (non-hydrogen) atoms. The Bertz CT molecular complexity index is 1590. The van der Waals surface area contributed by atoms with Gasteiger partial charge in [-0.2, -0.15) is 0 Å². The molecule has 0 saturated heterocycles. The lowest BCUT2D eigenvalue weighted by molar-refractivity contribution is -0.0782. The largest absolute Gasteiger partial charge is 0.491 e. The van der Waals surface area contributed by atoms with Crippen molar-refractivity contribution < 1.29 is 24.1 Å². The molecular formula is C34H35NO5. The van der Waals surface area contributed by atoms with Crippen molar-refractivity contribution in [3.63, 3.8) is 0 Å². The molecule has 4 saturated carbocycles. The van der Waals surface area contributed by atoms with E-state index in [0.29, 0.717) is 40.4 Å². The first-order valence-corrected chi connectivity index (χ1v) is 14.5. The van der Waals surface area contributed by atoms with Crippen LogP contribution in [0.4, 0.5) is 0 Å². The minimum absolute atomic E-state index is 0.0943. The summed E-state index contributed by atoms with van der Waals surface area (Å²) in [5.41, 5.74) is 3.44. The predicted molar refractivity (Wildman–Crippen MR) is 154 cm³/mol. The summed E-state index contributed by atoms with van der Waals surface area (Å²) in [6.45, 7) is 5.96. The maximum atomic E-state index is 12.5. The molecule has 1 aromatic heterocycles. The lowest BCUT2D eigenvalue weighted by atomic mass is 9.48. The zero-order valence-corrected chi connectivity index (χ0v) is 23.2. The van der Waals surface area contributed by atoms with E-state index in [9.17, 15) is 9.90 Å². The zero-order valence-electron chi connectivity index (χ0n) is 23.2. The number of nitrogens with zero attached hydrogens (tertiary/aromatic N) is 1. The van der Waals surface area contributed by atoms with Gasteiger partial charge in [-0.25, -0.2) is 4.79 Å². The van der Waals surface area contributed by atoms with E-state index < -0.39 is 5.97 Å². The SMILES string of the molecule is CCc1c(C(=O)O)c2cc(Oc3ccc(OC(C)C)cc3)ccc2n1-c1ccc(OC2CC34CCC3C2C4)cc1. The monoisotopic (exact) mass is 537 g/mol. The van der Waals surface area contributed by atoms with Crippen LogP contribution in [0.5, 0.6) is 23.0 Å². The fourth-order valence-electron chi connectivity index (χ4n) is 7.60. The van der Waals surface area contributed by atoms with Gasteiger partial charge in [0.25, 0.3) is 0 Å². The van der Waals surface area contributed by atoms with Crippen LogP contribution in [-0.4, -0.2) is 27.9 Å². The first-order chi connectivity index (χ1) is 19.3. The molecule has 4 aliphatic rings. The molecule has 0 aliphatic heterocycles. The Morgan fingerprint density at radius 1 is 0.975 bits per heavy atom. The zero-order chi connectivity index (χ0) is 27.6. The molecule has 3 aromatic carbocycles. The average Bonchev–Trinajstić information content (AvgIpc) is 3.53. The molecule has 1 spiro atoms. The van der Waals surface area contributed by atoms with Crippen molar-refractivity contribution in [3.8, 4) is 28.7 Å². The Kier molecular flexibility index (Phi) is 5.84. The summed E-state index contributed by atoms with van der Waals surface area (Å²) in [6.07, 6.45) is 6.32. The highest BCUT2D eigenvalue weighted by atomic mass is 16.5. The number of rotatable bonds is 9. The third kappa shape index (κ3) is 3.95. The van der Waals surface area contributed by atoms with E-state index in [2.05, 4.69) is 4.57 Å². The van der Waals surface area contributed by atoms with E-state index in [1.807, 2.05) is 87.5 Å². The number of fused-ring (bicyclic) bond motifs is 2. The summed E-state index contributed by atoms with van der Waals surface area (Å²) >= 11 is 0. The second-order valence-corrected chi connectivity index (χ2v) is 12.0. The van der Waals surface area contributed by atoms with Crippen molar-refractivity contribution in [1.82, 2.24) is 4.57 Å². The Morgan fingerprint density at radius 2 is 1.68 bits per heavy atom. The molecule has 4 unspecified atom stereocenters. The molecule has 4 fully saturated rings. The van der Waals surface area contributed by atoms with Crippen LogP contribution in [0.25, 0.3) is 16.6 Å². The van der Waals surface area contributed by atoms with Crippen molar-refractivity contribution in [1.29, 1.82) is 0 Å². The second kappa shape index (κ2) is 9.33. The molecule has 206 valence electrons. The number of aromatic nitrogens is 1. The lowest BCUT2D eigenvalue weighted by Gasteiger charge is -2.56. The van der Waals surface area contributed by atoms with E-state index in [4.69, 9.17) is 14.2 Å². The highest BCUT2D eigenvalue weighted by molar-refractivity contribution is 6.06. The summed E-state index contributed by atoms with van der Waals surface area (Å²) in [5.74, 6) is 3.60. The van der Waals surface area contributed by atoms with Crippen LogP contribution in [0, 0.1) is 17.3 Å². The molecule has 0 radical (unpaired) electrons. The molecule has 1 N–H and O–H groups in total. The second-order valence-electron chi connectivity index (χ2n) is 12.0. The third-order valence-corrected chi connectivity index (χ3v) is 9.38. The van der Waals surface area contributed by atoms with Crippen molar-refractivity contribution in [2.45, 2.75) is 65.1 Å². The fraction of sp³-hybridized carbons (Fsp3) is 0.382. The van der Waals surface area contributed by atoms with Gasteiger partial charge >= 0.3 is 5.97 Å². The van der Waals surface area contributed by atoms with E-state index in [0.717, 1.165) is 40.2 Å². The van der Waals surface area contributed by atoms with Crippen LogP contribution in [0.2, 0.25) is 0 Å². The van der Waals surface area contributed by atoms with Crippen molar-refractivity contribution in [3.05, 3.63) is 78.0 Å². The van der Waals surface area contributed by atoms with Gasteiger partial charge in [-0.1, -0.05) is 6.92 Å². The van der Waals surface area contributed by atoms with Crippen LogP contribution in [0.15, 0.2) is 66.7 Å². The van der Waals surface area contributed by atoms with E-state index in [1.165, 1.54) is 25.7 Å². The Balaban J connectivity index is 1.17. The van der Waals surface area contributed by atoms with Crippen LogP contribution < -0.4 is 14.2 Å². The van der Waals surface area contributed by atoms with Crippen molar-refractivity contribution in [2.75, 3.05) is 0 Å². The first kappa shape index (κ1) is 25.1. The number of hydrogen-bond acceptors (Lipinski definition) is 4. The van der Waals surface area contributed by atoms with Crippen LogP contribution >= 0.6 is 0 Å². The number of carboxylic acid groups (broad SMARTS) is 1. The Labute approximate surface area is 234 Å². The van der Waals surface area contributed by atoms with Gasteiger partial charge < -0.3 is 23.9 Å². The number of ether oxygens (including phenoxy) is 3. The third-order valence-electron chi connectivity index (χ3n) is 9.38. The van der Waals surface area contributed by atoms with E-state index in [1.54, 1.807) is 0 Å². The normalized spacial score (nSPS) is 24.4. The minimum Gasteiger partial charge on any atom is -0.491 e. The molecule has 1 heterocycles. The van der Waals surface area contributed by atoms with Crippen molar-refractivity contribution >= 4 is 16.9 Å². The maximum absolute atomic E-state index is 12.5. The molecule has 8 rings (SSSR count). The molecule has 4 aromatic rings. The summed E-state index contributed by atoms with van der Waals surface area (Å²) in [4.78, 5) is 12.5. The lowest BCUT2D eigenvalue weighted by Crippen LogP contribution is -2.49. The maximum Gasteiger partial charge on any atom is 0.338 e. The molecule has 4 atom stereocenters. The van der Waals surface area contributed by atoms with E-state index >= 15 is 0 Å². The van der Waals surface area contributed by atoms with Gasteiger partial charge in [-0.15, -0.1) is 0 Å². The minimum atomic E-state index is -0.942. The number of aromatic carboxylic acids is 1. The summed E-state index contributed by atoms with van der Waals surface area (Å²) in [5, 5.41) is 10.9. The Morgan fingerprint density at radius 3 is 2.25 bits per heavy atom. The number of carboxylic acids is 1. The summed E-state index contributed by atoms with van der Waals surface area (Å²) in [6, 6.07) is 21.2. The van der Waals surface area contributed by atoms with Crippen molar-refractivity contribution in [2.24, 2.45) is 17.3 Å². The molecular weight excluding hydrogens is 502 g/mol. The highest BCUT2D eigenvalue weighted by Gasteiger charge is 2.68.